The molecule has 1 amide bonds. The number of carbonyl (C=O) groups is 1. The predicted octanol–water partition coefficient (Wildman–Crippen LogP) is 3.90. The molecule has 12 heteroatoms. The van der Waals surface area contributed by atoms with Crippen LogP contribution in [0.2, 0.25) is 0 Å². The smallest absolute Gasteiger partial charge is 0.421 e. The fourth-order valence-electron chi connectivity index (χ4n) is 4.22. The molecular weight excluding hydrogens is 487 g/mol. The molecule has 0 aliphatic carbocycles. The van der Waals surface area contributed by atoms with E-state index in [4.69, 9.17) is 4.74 Å². The molecule has 3 heterocycles. The molecule has 1 fully saturated rings. The van der Waals surface area contributed by atoms with E-state index in [1.54, 1.807) is 19.1 Å². The minimum absolute atomic E-state index is 0.0261. The molecule has 2 aromatic carbocycles. The van der Waals surface area contributed by atoms with Gasteiger partial charge in [-0.2, -0.15) is 18.2 Å². The minimum Gasteiger partial charge on any atom is -0.491 e. The van der Waals surface area contributed by atoms with Crippen LogP contribution in [0.4, 0.5) is 42.0 Å². The van der Waals surface area contributed by atoms with Gasteiger partial charge in [-0.25, -0.2) is 4.98 Å². The van der Waals surface area contributed by atoms with Crippen LogP contribution in [0.1, 0.15) is 22.8 Å². The Kier molecular flexibility index (Phi) is 6.74. The third-order valence-electron chi connectivity index (χ3n) is 6.07. The number of nitrogens with zero attached hydrogens (tertiary/aromatic N) is 3. The number of amides is 1. The summed E-state index contributed by atoms with van der Waals surface area (Å²) in [5, 5.41) is 11.7. The molecule has 194 valence electrons. The number of alkyl halides is 3. The van der Waals surface area contributed by atoms with Crippen molar-refractivity contribution >= 4 is 34.7 Å². The summed E-state index contributed by atoms with van der Waals surface area (Å²) in [7, 11) is 0. The van der Waals surface area contributed by atoms with Crippen molar-refractivity contribution in [1.82, 2.24) is 20.6 Å². The standard InChI is InChI=1S/C25H26F3N7O2/c1-15-14-37-20-4-2-3-19(21(20)23(36)31-15)33-22-18(25(26,27)28)13-30-24(34-22)32-16-5-7-17(8-6-16)35-11-9-29-10-12-35/h2-8,13,15,29H,9-12,14H2,1H3,(H,31,36)(H2,30,32,33,34). The van der Waals surface area contributed by atoms with Crippen LogP contribution >= 0.6 is 0 Å². The molecule has 1 aromatic heterocycles. The summed E-state index contributed by atoms with van der Waals surface area (Å²) in [5.41, 5.74) is 0.867. The normalized spacial score (nSPS) is 17.8. The number of rotatable bonds is 5. The van der Waals surface area contributed by atoms with Crippen molar-refractivity contribution in [3.63, 3.8) is 0 Å². The highest BCUT2D eigenvalue weighted by Crippen LogP contribution is 2.37. The van der Waals surface area contributed by atoms with Crippen molar-refractivity contribution in [2.24, 2.45) is 0 Å². The summed E-state index contributed by atoms with van der Waals surface area (Å²) in [6.45, 7) is 5.63. The Morgan fingerprint density at radius 3 is 2.57 bits per heavy atom. The first-order valence-electron chi connectivity index (χ1n) is 11.9. The van der Waals surface area contributed by atoms with Crippen molar-refractivity contribution in [3.05, 3.63) is 59.8 Å². The number of aromatic nitrogens is 2. The van der Waals surface area contributed by atoms with Gasteiger partial charge >= 0.3 is 6.18 Å². The summed E-state index contributed by atoms with van der Waals surface area (Å²) >= 11 is 0. The Labute approximate surface area is 211 Å². The van der Waals surface area contributed by atoms with Gasteiger partial charge in [0, 0.05) is 43.8 Å². The summed E-state index contributed by atoms with van der Waals surface area (Å²) in [4.78, 5) is 23.0. The van der Waals surface area contributed by atoms with Crippen LogP contribution in [0.5, 0.6) is 5.75 Å². The Balaban J connectivity index is 1.43. The van der Waals surface area contributed by atoms with E-state index in [1.165, 1.54) is 6.07 Å². The molecule has 0 saturated carbocycles. The van der Waals surface area contributed by atoms with Gasteiger partial charge in [-0.15, -0.1) is 0 Å². The summed E-state index contributed by atoms with van der Waals surface area (Å²) in [5.74, 6) is -0.686. The molecule has 9 nitrogen and oxygen atoms in total. The van der Waals surface area contributed by atoms with Crippen LogP contribution < -0.4 is 30.9 Å². The molecular formula is C25H26F3N7O2. The molecule has 5 rings (SSSR count). The number of nitrogens with one attached hydrogen (secondary N) is 4. The molecule has 0 spiro atoms. The van der Waals surface area contributed by atoms with Gasteiger partial charge in [0.1, 0.15) is 29.3 Å². The lowest BCUT2D eigenvalue weighted by Gasteiger charge is -2.29. The highest BCUT2D eigenvalue weighted by Gasteiger charge is 2.36. The second kappa shape index (κ2) is 10.1. The van der Waals surface area contributed by atoms with E-state index in [2.05, 4.69) is 36.1 Å². The van der Waals surface area contributed by atoms with E-state index in [-0.39, 0.29) is 35.6 Å². The van der Waals surface area contributed by atoms with Gasteiger partial charge in [-0.1, -0.05) is 6.07 Å². The average Bonchev–Trinajstić information content (AvgIpc) is 3.02. The highest BCUT2D eigenvalue weighted by atomic mass is 19.4. The maximum atomic E-state index is 13.8. The van der Waals surface area contributed by atoms with E-state index in [9.17, 15) is 18.0 Å². The Morgan fingerprint density at radius 2 is 1.84 bits per heavy atom. The van der Waals surface area contributed by atoms with Crippen LogP contribution in [0.25, 0.3) is 0 Å². The molecule has 1 atom stereocenters. The first kappa shape index (κ1) is 24.6. The van der Waals surface area contributed by atoms with Crippen LogP contribution in [0, 0.1) is 0 Å². The predicted molar refractivity (Wildman–Crippen MR) is 134 cm³/mol. The Bertz CT molecular complexity index is 1280. The average molecular weight is 514 g/mol. The topological polar surface area (TPSA) is 103 Å². The minimum atomic E-state index is -4.72. The molecule has 2 aliphatic rings. The zero-order valence-electron chi connectivity index (χ0n) is 20.0. The SMILES string of the molecule is CC1COc2cccc(Nc3nc(Nc4ccc(N5CCNCC5)cc4)ncc3C(F)(F)F)c2C(=O)N1. The molecule has 0 bridgehead atoms. The largest absolute Gasteiger partial charge is 0.491 e. The third kappa shape index (κ3) is 5.53. The van der Waals surface area contributed by atoms with Crippen LogP contribution in [0.3, 0.4) is 0 Å². The van der Waals surface area contributed by atoms with E-state index < -0.39 is 23.5 Å². The Morgan fingerprint density at radius 1 is 1.08 bits per heavy atom. The molecule has 1 saturated heterocycles. The van der Waals surface area contributed by atoms with Crippen molar-refractivity contribution < 1.29 is 22.7 Å². The first-order valence-corrected chi connectivity index (χ1v) is 11.9. The van der Waals surface area contributed by atoms with Crippen molar-refractivity contribution in [2.75, 3.05) is 48.3 Å². The lowest BCUT2D eigenvalue weighted by atomic mass is 10.1. The van der Waals surface area contributed by atoms with Crippen molar-refractivity contribution in [1.29, 1.82) is 0 Å². The maximum Gasteiger partial charge on any atom is 0.421 e. The number of benzene rings is 2. The highest BCUT2D eigenvalue weighted by molar-refractivity contribution is 6.03. The van der Waals surface area contributed by atoms with E-state index in [0.717, 1.165) is 31.9 Å². The number of anilines is 5. The van der Waals surface area contributed by atoms with Crippen molar-refractivity contribution in [3.8, 4) is 5.75 Å². The molecule has 1 unspecified atom stereocenters. The number of hydrogen-bond acceptors (Lipinski definition) is 8. The van der Waals surface area contributed by atoms with Gasteiger partial charge in [0.2, 0.25) is 5.95 Å². The van der Waals surface area contributed by atoms with Crippen LogP contribution in [-0.2, 0) is 6.18 Å². The number of fused-ring (bicyclic) bond motifs is 1. The number of ether oxygens (including phenoxy) is 1. The molecule has 4 N–H and O–H groups in total. The second-order valence-corrected chi connectivity index (χ2v) is 8.85. The van der Waals surface area contributed by atoms with Gasteiger partial charge in [-0.3, -0.25) is 4.79 Å². The second-order valence-electron chi connectivity index (χ2n) is 8.85. The molecule has 3 aromatic rings. The number of piperazine rings is 1. The molecule has 2 aliphatic heterocycles. The van der Waals surface area contributed by atoms with E-state index in [1.807, 2.05) is 24.3 Å². The van der Waals surface area contributed by atoms with Crippen LogP contribution in [0.15, 0.2) is 48.7 Å². The number of halogens is 3. The van der Waals surface area contributed by atoms with Gasteiger partial charge in [-0.05, 0) is 43.3 Å². The number of hydrogen-bond donors (Lipinski definition) is 4. The zero-order chi connectivity index (χ0) is 26.0. The summed E-state index contributed by atoms with van der Waals surface area (Å²) < 4.78 is 47.1. The quantitative estimate of drug-likeness (QED) is 0.408. The first-order chi connectivity index (χ1) is 17.8. The molecule has 0 radical (unpaired) electrons. The zero-order valence-corrected chi connectivity index (χ0v) is 20.0. The van der Waals surface area contributed by atoms with Gasteiger partial charge in [0.05, 0.1) is 11.7 Å². The third-order valence-corrected chi connectivity index (χ3v) is 6.07. The van der Waals surface area contributed by atoms with E-state index in [0.29, 0.717) is 11.9 Å². The van der Waals surface area contributed by atoms with Gasteiger partial charge < -0.3 is 30.9 Å². The van der Waals surface area contributed by atoms with Crippen molar-refractivity contribution in [2.45, 2.75) is 19.1 Å². The monoisotopic (exact) mass is 513 g/mol. The fraction of sp³-hybridized carbons (Fsp3) is 0.320. The van der Waals surface area contributed by atoms with Crippen LogP contribution in [-0.4, -0.2) is 54.7 Å². The van der Waals surface area contributed by atoms with E-state index >= 15 is 0 Å². The Hall–Kier alpha value is -4.06. The fourth-order valence-corrected chi connectivity index (χ4v) is 4.22. The summed E-state index contributed by atoms with van der Waals surface area (Å²) in [6, 6.07) is 12.0. The molecule has 37 heavy (non-hydrogen) atoms. The lowest BCUT2D eigenvalue weighted by Crippen LogP contribution is -2.43. The van der Waals surface area contributed by atoms with Gasteiger partial charge in [0.25, 0.3) is 5.91 Å². The van der Waals surface area contributed by atoms with Gasteiger partial charge in [0.15, 0.2) is 0 Å². The lowest BCUT2D eigenvalue weighted by molar-refractivity contribution is -0.137. The summed E-state index contributed by atoms with van der Waals surface area (Å²) in [6.07, 6.45) is -4.00. The number of carbonyl (C=O) groups excluding carboxylic acids is 1. The maximum absolute atomic E-state index is 13.8.